The zero-order valence-electron chi connectivity index (χ0n) is 31.0. The van der Waals surface area contributed by atoms with Crippen LogP contribution in [0.25, 0.3) is 77.6 Å². The van der Waals surface area contributed by atoms with Gasteiger partial charge in [-0.3, -0.25) is 14.5 Å². The molecule has 1 aliphatic heterocycles. The van der Waals surface area contributed by atoms with Crippen molar-refractivity contribution in [3.63, 3.8) is 0 Å². The predicted molar refractivity (Wildman–Crippen MR) is 235 cm³/mol. The first-order valence-corrected chi connectivity index (χ1v) is 20.4. The van der Waals surface area contributed by atoms with Crippen molar-refractivity contribution in [3.05, 3.63) is 211 Å². The smallest absolute Gasteiger partial charge is 0.137 e. The number of nitrogens with zero attached hydrogens (tertiary/aromatic N) is 5. The summed E-state index contributed by atoms with van der Waals surface area (Å²) in [4.78, 5) is 17.5. The number of hydrogen-bond donors (Lipinski definition) is 0. The number of pyridine rings is 3. The molecule has 6 heterocycles. The SMILES string of the molecule is c1ccc2c(c1)Sc1ccc(-c3ccc4c(c3)c3ccccc3n4-c3ccc(-n4c5ccccc5c5ccccc54)nc3)cc1C21c2cccnc2-c2ncccc21. The molecule has 270 valence electrons. The minimum atomic E-state index is -0.529. The van der Waals surface area contributed by atoms with Gasteiger partial charge in [0.2, 0.25) is 0 Å². The van der Waals surface area contributed by atoms with Crippen LogP contribution < -0.4 is 0 Å². The van der Waals surface area contributed by atoms with Gasteiger partial charge in [-0.25, -0.2) is 4.98 Å². The Hall–Kier alpha value is -7.28. The van der Waals surface area contributed by atoms with Crippen molar-refractivity contribution < 1.29 is 0 Å². The lowest BCUT2D eigenvalue weighted by Crippen LogP contribution is -2.32. The fourth-order valence-corrected chi connectivity index (χ4v) is 11.2. The van der Waals surface area contributed by atoms with Crippen molar-refractivity contribution in [2.24, 2.45) is 0 Å². The van der Waals surface area contributed by atoms with Gasteiger partial charge < -0.3 is 4.57 Å². The van der Waals surface area contributed by atoms with Crippen LogP contribution in [0.2, 0.25) is 0 Å². The highest BCUT2D eigenvalue weighted by molar-refractivity contribution is 7.99. The Morgan fingerprint density at radius 1 is 0.397 bits per heavy atom. The van der Waals surface area contributed by atoms with Crippen molar-refractivity contribution in [1.29, 1.82) is 0 Å². The lowest BCUT2D eigenvalue weighted by atomic mass is 9.67. The molecule has 1 spiro atoms. The summed E-state index contributed by atoms with van der Waals surface area (Å²) in [6.45, 7) is 0. The Morgan fingerprint density at radius 3 is 1.64 bits per heavy atom. The predicted octanol–water partition coefficient (Wildman–Crippen LogP) is 12.6. The number of hydrogen-bond acceptors (Lipinski definition) is 4. The Kier molecular flexibility index (Phi) is 6.52. The van der Waals surface area contributed by atoms with Crippen molar-refractivity contribution in [2.75, 3.05) is 0 Å². The molecule has 0 saturated heterocycles. The van der Waals surface area contributed by atoms with Crippen molar-refractivity contribution in [2.45, 2.75) is 15.2 Å². The molecule has 0 bridgehead atoms. The van der Waals surface area contributed by atoms with E-state index in [-0.39, 0.29) is 0 Å². The molecule has 0 N–H and O–H groups in total. The van der Waals surface area contributed by atoms with Gasteiger partial charge in [-0.2, -0.15) is 0 Å². The number of fused-ring (bicyclic) bond motifs is 15. The topological polar surface area (TPSA) is 48.5 Å². The van der Waals surface area contributed by atoms with Crippen LogP contribution in [0.3, 0.4) is 0 Å². The number of benzene rings is 6. The minimum absolute atomic E-state index is 0.529. The molecule has 13 rings (SSSR count). The van der Waals surface area contributed by atoms with E-state index in [0.717, 1.165) is 45.0 Å². The van der Waals surface area contributed by atoms with E-state index in [1.165, 1.54) is 64.7 Å². The third-order valence-corrected chi connectivity index (χ3v) is 13.5. The van der Waals surface area contributed by atoms with Crippen LogP contribution >= 0.6 is 11.8 Å². The van der Waals surface area contributed by atoms with Crippen LogP contribution in [0.15, 0.2) is 198 Å². The van der Waals surface area contributed by atoms with Crippen LogP contribution in [0.1, 0.15) is 22.3 Å². The van der Waals surface area contributed by atoms with Gasteiger partial charge in [-0.05, 0) is 106 Å². The molecule has 0 atom stereocenters. The molecule has 2 aliphatic rings. The summed E-state index contributed by atoms with van der Waals surface area (Å²) in [5, 5.41) is 4.87. The second kappa shape index (κ2) is 11.9. The quantitative estimate of drug-likeness (QED) is 0.180. The molecule has 0 saturated carbocycles. The zero-order valence-corrected chi connectivity index (χ0v) is 31.9. The van der Waals surface area contributed by atoms with Gasteiger partial charge in [0.15, 0.2) is 0 Å². The van der Waals surface area contributed by atoms with Crippen LogP contribution in [-0.2, 0) is 5.41 Å². The summed E-state index contributed by atoms with van der Waals surface area (Å²) in [5.74, 6) is 0.897. The maximum Gasteiger partial charge on any atom is 0.137 e. The second-order valence-corrected chi connectivity index (χ2v) is 16.3. The third kappa shape index (κ3) is 4.19. The van der Waals surface area contributed by atoms with E-state index in [1.807, 2.05) is 30.4 Å². The fourth-order valence-electron chi connectivity index (χ4n) is 9.98. The van der Waals surface area contributed by atoms with Gasteiger partial charge in [-0.1, -0.05) is 109 Å². The average molecular weight is 758 g/mol. The molecule has 0 radical (unpaired) electrons. The van der Waals surface area contributed by atoms with Gasteiger partial charge in [0.05, 0.1) is 50.8 Å². The Labute approximate surface area is 337 Å². The summed E-state index contributed by atoms with van der Waals surface area (Å²) >= 11 is 1.85. The summed E-state index contributed by atoms with van der Waals surface area (Å²) in [5.41, 5.74) is 14.3. The molecule has 11 aromatic rings. The van der Waals surface area contributed by atoms with E-state index in [4.69, 9.17) is 15.0 Å². The number of rotatable bonds is 3. The summed E-state index contributed by atoms with van der Waals surface area (Å²) < 4.78 is 4.61. The van der Waals surface area contributed by atoms with E-state index in [0.29, 0.717) is 0 Å². The van der Waals surface area contributed by atoms with Crippen molar-refractivity contribution in [3.8, 4) is 34.0 Å². The Morgan fingerprint density at radius 2 is 0.948 bits per heavy atom. The minimum Gasteiger partial charge on any atom is -0.308 e. The molecule has 1 aliphatic carbocycles. The fraction of sp³-hybridized carbons (Fsp3) is 0.0192. The van der Waals surface area contributed by atoms with E-state index in [1.54, 1.807) is 0 Å². The molecule has 58 heavy (non-hydrogen) atoms. The van der Waals surface area contributed by atoms with Crippen LogP contribution in [0.4, 0.5) is 0 Å². The van der Waals surface area contributed by atoms with Crippen LogP contribution in [-0.4, -0.2) is 24.1 Å². The molecular weight excluding hydrogens is 727 g/mol. The second-order valence-electron chi connectivity index (χ2n) is 15.2. The zero-order chi connectivity index (χ0) is 38.0. The molecule has 0 unspecified atom stereocenters. The maximum atomic E-state index is 5.11. The van der Waals surface area contributed by atoms with Gasteiger partial charge in [0, 0.05) is 43.7 Å². The highest BCUT2D eigenvalue weighted by Crippen LogP contribution is 2.61. The van der Waals surface area contributed by atoms with E-state index >= 15 is 0 Å². The molecule has 0 fully saturated rings. The average Bonchev–Trinajstić information content (AvgIpc) is 3.91. The van der Waals surface area contributed by atoms with Crippen molar-refractivity contribution in [1.82, 2.24) is 24.1 Å². The Bertz CT molecular complexity index is 3410. The van der Waals surface area contributed by atoms with Crippen LogP contribution in [0.5, 0.6) is 0 Å². The summed E-state index contributed by atoms with van der Waals surface area (Å²) in [7, 11) is 0. The maximum absolute atomic E-state index is 5.11. The van der Waals surface area contributed by atoms with Crippen molar-refractivity contribution >= 4 is 55.4 Å². The van der Waals surface area contributed by atoms with Crippen LogP contribution in [0, 0.1) is 0 Å². The first-order chi connectivity index (χ1) is 28.8. The normalized spacial score (nSPS) is 13.6. The van der Waals surface area contributed by atoms with E-state index in [2.05, 4.69) is 179 Å². The number of para-hydroxylation sites is 3. The van der Waals surface area contributed by atoms with Gasteiger partial charge in [-0.15, -0.1) is 0 Å². The number of aromatic nitrogens is 5. The lowest BCUT2D eigenvalue weighted by molar-refractivity contribution is 0.720. The molecule has 0 amide bonds. The van der Waals surface area contributed by atoms with Gasteiger partial charge in [0.25, 0.3) is 0 Å². The first kappa shape index (κ1) is 31.9. The molecule has 5 aromatic heterocycles. The van der Waals surface area contributed by atoms with Gasteiger partial charge in [0.1, 0.15) is 5.82 Å². The summed E-state index contributed by atoms with van der Waals surface area (Å²) in [6.07, 6.45) is 5.79. The molecule has 6 heteroatoms. The highest BCUT2D eigenvalue weighted by atomic mass is 32.2. The first-order valence-electron chi connectivity index (χ1n) is 19.6. The highest BCUT2D eigenvalue weighted by Gasteiger charge is 2.51. The largest absolute Gasteiger partial charge is 0.308 e. The molecule has 6 aromatic carbocycles. The molecular formula is C52H31N5S. The standard InChI is InChI=1S/C52H31N5S/c1-6-18-44-35(11-1)36-12-2-7-19-45(36)57(44)49-26-23-34(31-55-49)56-43-17-5-3-13-37(43)38-29-32(21-24-46(38)56)33-22-25-48-42(30-33)52(39-14-4-8-20-47(39)58-48)40-15-9-27-53-50(40)51-41(52)16-10-28-54-51/h1-31H. The summed E-state index contributed by atoms with van der Waals surface area (Å²) in [6, 6.07) is 61.6. The van der Waals surface area contributed by atoms with E-state index < -0.39 is 5.41 Å². The van der Waals surface area contributed by atoms with Gasteiger partial charge >= 0.3 is 0 Å². The molecule has 5 nitrogen and oxygen atoms in total. The van der Waals surface area contributed by atoms with E-state index in [9.17, 15) is 0 Å². The lowest BCUT2D eigenvalue weighted by Gasteiger charge is -2.39. The monoisotopic (exact) mass is 757 g/mol. The Balaban J connectivity index is 0.971. The third-order valence-electron chi connectivity index (χ3n) is 12.3.